The molecular formula is C24H23ClN4O2. The number of benzene rings is 2. The van der Waals surface area contributed by atoms with Crippen LogP contribution < -0.4 is 9.64 Å². The quantitative estimate of drug-likeness (QED) is 0.451. The summed E-state index contributed by atoms with van der Waals surface area (Å²) in [6.07, 6.45) is 0.990. The number of hydrogen-bond donors (Lipinski definition) is 1. The molecule has 31 heavy (non-hydrogen) atoms. The summed E-state index contributed by atoms with van der Waals surface area (Å²) in [5.41, 5.74) is 5.39. The summed E-state index contributed by atoms with van der Waals surface area (Å²) >= 11 is 6.55. The smallest absolute Gasteiger partial charge is 0.301 e. The van der Waals surface area contributed by atoms with Gasteiger partial charge in [0.15, 0.2) is 5.65 Å². The second-order valence-electron chi connectivity index (χ2n) is 7.48. The van der Waals surface area contributed by atoms with Crippen molar-refractivity contribution in [3.63, 3.8) is 0 Å². The third-order valence-electron chi connectivity index (χ3n) is 5.47. The number of nitrogens with one attached hydrogen (secondary N) is 1. The van der Waals surface area contributed by atoms with Gasteiger partial charge in [-0.2, -0.15) is 4.98 Å². The zero-order chi connectivity index (χ0) is 21.2. The highest BCUT2D eigenvalue weighted by molar-refractivity contribution is 6.33. The molecule has 0 radical (unpaired) electrons. The zero-order valence-electron chi connectivity index (χ0n) is 17.3. The van der Waals surface area contributed by atoms with Gasteiger partial charge in [0, 0.05) is 24.3 Å². The fourth-order valence-corrected chi connectivity index (χ4v) is 3.96. The van der Waals surface area contributed by atoms with Crippen LogP contribution in [0.15, 0.2) is 54.6 Å². The van der Waals surface area contributed by atoms with Crippen LogP contribution in [0, 0.1) is 0 Å². The number of anilines is 1. The molecule has 7 heteroatoms. The Labute approximate surface area is 185 Å². The van der Waals surface area contributed by atoms with Crippen molar-refractivity contribution in [1.29, 1.82) is 0 Å². The average molecular weight is 435 g/mol. The topological polar surface area (TPSA) is 63.3 Å². The van der Waals surface area contributed by atoms with Gasteiger partial charge >= 0.3 is 6.01 Å². The van der Waals surface area contributed by atoms with E-state index in [0.29, 0.717) is 22.4 Å². The van der Waals surface area contributed by atoms with Crippen LogP contribution in [0.5, 0.6) is 11.8 Å². The van der Waals surface area contributed by atoms with Crippen LogP contribution in [-0.2, 0) is 11.2 Å². The summed E-state index contributed by atoms with van der Waals surface area (Å²) in [4.78, 5) is 14.6. The van der Waals surface area contributed by atoms with Gasteiger partial charge in [0.25, 0.3) is 0 Å². The molecule has 5 rings (SSSR count). The predicted molar refractivity (Wildman–Crippen MR) is 123 cm³/mol. The van der Waals surface area contributed by atoms with Crippen molar-refractivity contribution in [2.45, 2.75) is 13.3 Å². The Morgan fingerprint density at radius 2 is 1.77 bits per heavy atom. The number of morpholine rings is 1. The van der Waals surface area contributed by atoms with Crippen molar-refractivity contribution < 1.29 is 9.47 Å². The molecule has 158 valence electrons. The lowest BCUT2D eigenvalue weighted by Crippen LogP contribution is -2.36. The summed E-state index contributed by atoms with van der Waals surface area (Å²) in [5, 5.41) is 0.564. The molecule has 6 nitrogen and oxygen atoms in total. The van der Waals surface area contributed by atoms with Crippen LogP contribution in [0.2, 0.25) is 5.02 Å². The third-order valence-corrected chi connectivity index (χ3v) is 5.76. The minimum Gasteiger partial charge on any atom is -0.426 e. The lowest BCUT2D eigenvalue weighted by molar-refractivity contribution is 0.122. The SMILES string of the molecule is CCc1ccc(Oc2nc3nc(-c4ccc(N5CCOCC5)cc4)c(Cl)cc3[nH]2)cc1. The van der Waals surface area contributed by atoms with Crippen molar-refractivity contribution in [3.05, 3.63) is 65.2 Å². The first-order valence-electron chi connectivity index (χ1n) is 10.5. The monoisotopic (exact) mass is 434 g/mol. The van der Waals surface area contributed by atoms with E-state index in [-0.39, 0.29) is 0 Å². The second-order valence-corrected chi connectivity index (χ2v) is 7.88. The van der Waals surface area contributed by atoms with Crippen LogP contribution in [0.3, 0.4) is 0 Å². The van der Waals surface area contributed by atoms with E-state index in [1.807, 2.05) is 42.5 Å². The normalized spacial score (nSPS) is 14.2. The first-order valence-corrected chi connectivity index (χ1v) is 10.8. The highest BCUT2D eigenvalue weighted by atomic mass is 35.5. The summed E-state index contributed by atoms with van der Waals surface area (Å²) < 4.78 is 11.3. The van der Waals surface area contributed by atoms with Crippen LogP contribution in [0.25, 0.3) is 22.4 Å². The van der Waals surface area contributed by atoms with Gasteiger partial charge in [0.05, 0.1) is 29.4 Å². The Morgan fingerprint density at radius 3 is 2.48 bits per heavy atom. The molecule has 0 saturated carbocycles. The molecule has 3 heterocycles. The number of hydrogen-bond acceptors (Lipinski definition) is 5. The van der Waals surface area contributed by atoms with E-state index in [1.165, 1.54) is 11.3 Å². The van der Waals surface area contributed by atoms with Gasteiger partial charge < -0.3 is 19.4 Å². The molecule has 2 aromatic heterocycles. The van der Waals surface area contributed by atoms with Gasteiger partial charge in [-0.15, -0.1) is 0 Å². The molecule has 1 fully saturated rings. The maximum absolute atomic E-state index is 6.55. The number of aromatic nitrogens is 3. The van der Waals surface area contributed by atoms with Gasteiger partial charge in [-0.3, -0.25) is 0 Å². The number of imidazole rings is 1. The summed E-state index contributed by atoms with van der Waals surface area (Å²) in [5.74, 6) is 0.723. The zero-order valence-corrected chi connectivity index (χ0v) is 18.0. The lowest BCUT2D eigenvalue weighted by atomic mass is 10.1. The van der Waals surface area contributed by atoms with Gasteiger partial charge in [0.1, 0.15) is 5.75 Å². The number of H-pyrrole nitrogens is 1. The van der Waals surface area contributed by atoms with E-state index in [4.69, 9.17) is 21.1 Å². The molecule has 0 aliphatic carbocycles. The Kier molecular flexibility index (Phi) is 5.49. The largest absolute Gasteiger partial charge is 0.426 e. The number of nitrogens with zero attached hydrogens (tertiary/aromatic N) is 3. The molecule has 0 spiro atoms. The fraction of sp³-hybridized carbons (Fsp3) is 0.250. The highest BCUT2D eigenvalue weighted by Crippen LogP contribution is 2.31. The maximum Gasteiger partial charge on any atom is 0.301 e. The Bertz CT molecular complexity index is 1180. The van der Waals surface area contributed by atoms with Crippen molar-refractivity contribution in [1.82, 2.24) is 15.0 Å². The summed E-state index contributed by atoms with van der Waals surface area (Å²) in [6, 6.07) is 18.5. The summed E-state index contributed by atoms with van der Waals surface area (Å²) in [7, 11) is 0. The molecule has 0 amide bonds. The molecule has 0 bridgehead atoms. The predicted octanol–water partition coefficient (Wildman–Crippen LogP) is 5.47. The summed E-state index contributed by atoms with van der Waals surface area (Å²) in [6.45, 7) is 5.46. The minimum atomic E-state index is 0.391. The van der Waals surface area contributed by atoms with Crippen LogP contribution in [0.1, 0.15) is 12.5 Å². The highest BCUT2D eigenvalue weighted by Gasteiger charge is 2.14. The lowest BCUT2D eigenvalue weighted by Gasteiger charge is -2.28. The molecule has 1 aliphatic rings. The van der Waals surface area contributed by atoms with Crippen molar-refractivity contribution in [2.24, 2.45) is 0 Å². The number of rotatable bonds is 5. The fourth-order valence-electron chi connectivity index (χ4n) is 3.70. The first kappa shape index (κ1) is 19.8. The van der Waals surface area contributed by atoms with Crippen LogP contribution >= 0.6 is 11.6 Å². The molecule has 2 aromatic carbocycles. The van der Waals surface area contributed by atoms with Gasteiger partial charge in [0.2, 0.25) is 0 Å². The van der Waals surface area contributed by atoms with Crippen molar-refractivity contribution in [2.75, 3.05) is 31.2 Å². The van der Waals surface area contributed by atoms with Crippen LogP contribution in [-0.4, -0.2) is 41.3 Å². The molecule has 1 aliphatic heterocycles. The van der Waals surface area contributed by atoms with Gasteiger partial charge in [-0.05, 0) is 42.3 Å². The van der Waals surface area contributed by atoms with E-state index in [0.717, 1.165) is 49.6 Å². The Balaban J connectivity index is 1.39. The first-order chi connectivity index (χ1) is 15.2. The van der Waals surface area contributed by atoms with Gasteiger partial charge in [-0.25, -0.2) is 4.98 Å². The number of ether oxygens (including phenoxy) is 2. The van der Waals surface area contributed by atoms with E-state index < -0.39 is 0 Å². The number of aryl methyl sites for hydroxylation is 1. The number of pyridine rings is 1. The third kappa shape index (κ3) is 4.22. The molecule has 0 unspecified atom stereocenters. The second kappa shape index (κ2) is 8.57. The van der Waals surface area contributed by atoms with E-state index >= 15 is 0 Å². The molecular weight excluding hydrogens is 412 g/mol. The van der Waals surface area contributed by atoms with Crippen LogP contribution in [0.4, 0.5) is 5.69 Å². The van der Waals surface area contributed by atoms with E-state index in [9.17, 15) is 0 Å². The van der Waals surface area contributed by atoms with Crippen molar-refractivity contribution in [3.8, 4) is 23.0 Å². The maximum atomic E-state index is 6.55. The molecule has 1 saturated heterocycles. The molecule has 1 N–H and O–H groups in total. The number of aromatic amines is 1. The van der Waals surface area contributed by atoms with E-state index in [2.05, 4.69) is 38.9 Å². The average Bonchev–Trinajstić information content (AvgIpc) is 3.20. The van der Waals surface area contributed by atoms with E-state index in [1.54, 1.807) is 0 Å². The number of fused-ring (bicyclic) bond motifs is 1. The standard InChI is InChI=1S/C24H23ClN4O2/c1-2-16-3-9-19(10-4-16)31-24-26-21-15-20(25)22(27-23(21)28-24)17-5-7-18(8-6-17)29-11-13-30-14-12-29/h3-10,15H,2,11-14H2,1H3,(H,26,27,28). The minimum absolute atomic E-state index is 0.391. The van der Waals surface area contributed by atoms with Gasteiger partial charge in [-0.1, -0.05) is 42.8 Å². The van der Waals surface area contributed by atoms with Crippen molar-refractivity contribution >= 4 is 28.5 Å². The molecule has 4 aromatic rings. The Hall–Kier alpha value is -3.09. The Morgan fingerprint density at radius 1 is 1.03 bits per heavy atom. The number of halogens is 1. The molecule has 0 atom stereocenters.